The van der Waals surface area contributed by atoms with E-state index in [2.05, 4.69) is 5.32 Å². The highest BCUT2D eigenvalue weighted by Crippen LogP contribution is 2.27. The molecule has 1 aliphatic heterocycles. The first-order valence-corrected chi connectivity index (χ1v) is 9.79. The Hall–Kier alpha value is -3.84. The molecular weight excluding hydrogens is 418 g/mol. The van der Waals surface area contributed by atoms with Gasteiger partial charge in [-0.15, -0.1) is 0 Å². The number of imide groups is 2. The third kappa shape index (κ3) is 3.71. The SMILES string of the molecule is Cc1cc(/C=C2\C(=O)NC(=O)N(c3ccc(Cl)cc3)C2=O)c(C)n1-c1cccc(O)c1. The van der Waals surface area contributed by atoms with E-state index in [0.29, 0.717) is 16.3 Å². The minimum Gasteiger partial charge on any atom is -0.508 e. The lowest BCUT2D eigenvalue weighted by atomic mass is 10.1. The van der Waals surface area contributed by atoms with Crippen LogP contribution in [-0.2, 0) is 9.59 Å². The summed E-state index contributed by atoms with van der Waals surface area (Å²) in [5, 5.41) is 12.5. The van der Waals surface area contributed by atoms with E-state index in [1.807, 2.05) is 30.5 Å². The van der Waals surface area contributed by atoms with Gasteiger partial charge in [0.2, 0.25) is 0 Å². The largest absolute Gasteiger partial charge is 0.508 e. The Morgan fingerprint density at radius 1 is 0.968 bits per heavy atom. The summed E-state index contributed by atoms with van der Waals surface area (Å²) in [6.45, 7) is 3.72. The van der Waals surface area contributed by atoms with Crippen LogP contribution in [0.15, 0.2) is 60.2 Å². The third-order valence-corrected chi connectivity index (χ3v) is 5.30. The van der Waals surface area contributed by atoms with Crippen LogP contribution in [-0.4, -0.2) is 27.5 Å². The fourth-order valence-electron chi connectivity index (χ4n) is 3.60. The number of phenolic OH excluding ortho intramolecular Hbond substituents is 1. The number of carbonyl (C=O) groups excluding carboxylic acids is 3. The molecule has 1 aromatic heterocycles. The molecule has 7 nitrogen and oxygen atoms in total. The zero-order valence-electron chi connectivity index (χ0n) is 16.7. The Morgan fingerprint density at radius 2 is 1.68 bits per heavy atom. The third-order valence-electron chi connectivity index (χ3n) is 5.04. The number of rotatable bonds is 3. The van der Waals surface area contributed by atoms with Gasteiger partial charge in [0.25, 0.3) is 11.8 Å². The van der Waals surface area contributed by atoms with Crippen molar-refractivity contribution >= 4 is 41.2 Å². The molecule has 1 fully saturated rings. The molecule has 0 saturated carbocycles. The van der Waals surface area contributed by atoms with Crippen LogP contribution in [0.2, 0.25) is 5.02 Å². The van der Waals surface area contributed by atoms with Crippen molar-refractivity contribution in [3.63, 3.8) is 0 Å². The molecule has 31 heavy (non-hydrogen) atoms. The number of halogens is 1. The number of barbiturate groups is 1. The highest BCUT2D eigenvalue weighted by atomic mass is 35.5. The van der Waals surface area contributed by atoms with E-state index in [9.17, 15) is 19.5 Å². The summed E-state index contributed by atoms with van der Waals surface area (Å²) in [4.78, 5) is 38.7. The van der Waals surface area contributed by atoms with Gasteiger partial charge < -0.3 is 9.67 Å². The van der Waals surface area contributed by atoms with Gasteiger partial charge in [-0.05, 0) is 68.0 Å². The minimum atomic E-state index is -0.820. The van der Waals surface area contributed by atoms with Crippen molar-refractivity contribution in [2.24, 2.45) is 0 Å². The number of benzene rings is 2. The first kappa shape index (κ1) is 20.4. The van der Waals surface area contributed by atoms with E-state index < -0.39 is 17.8 Å². The second-order valence-electron chi connectivity index (χ2n) is 7.12. The summed E-state index contributed by atoms with van der Waals surface area (Å²) in [7, 11) is 0. The normalized spacial score (nSPS) is 15.5. The Morgan fingerprint density at radius 3 is 2.35 bits per heavy atom. The van der Waals surface area contributed by atoms with E-state index in [1.54, 1.807) is 30.3 Å². The highest BCUT2D eigenvalue weighted by Gasteiger charge is 2.37. The quantitative estimate of drug-likeness (QED) is 0.478. The molecule has 0 unspecified atom stereocenters. The first-order chi connectivity index (χ1) is 14.8. The van der Waals surface area contributed by atoms with E-state index in [4.69, 9.17) is 11.6 Å². The highest BCUT2D eigenvalue weighted by molar-refractivity contribution is 6.39. The number of aromatic hydroxyl groups is 1. The topological polar surface area (TPSA) is 91.6 Å². The Bertz CT molecular complexity index is 1260. The maximum atomic E-state index is 13.1. The molecule has 2 heterocycles. The molecule has 0 spiro atoms. The van der Waals surface area contributed by atoms with Gasteiger partial charge in [-0.2, -0.15) is 0 Å². The van der Waals surface area contributed by atoms with E-state index in [0.717, 1.165) is 22.0 Å². The van der Waals surface area contributed by atoms with Crippen LogP contribution in [0.25, 0.3) is 11.8 Å². The van der Waals surface area contributed by atoms with Crippen molar-refractivity contribution in [1.29, 1.82) is 0 Å². The summed E-state index contributed by atoms with van der Waals surface area (Å²) in [6.07, 6.45) is 1.47. The maximum Gasteiger partial charge on any atom is 0.335 e. The second-order valence-corrected chi connectivity index (χ2v) is 7.55. The molecule has 4 amide bonds. The molecule has 0 radical (unpaired) electrons. The van der Waals surface area contributed by atoms with Crippen LogP contribution in [0.5, 0.6) is 5.75 Å². The molecule has 0 atom stereocenters. The number of anilines is 1. The van der Waals surface area contributed by atoms with Gasteiger partial charge in [-0.3, -0.25) is 14.9 Å². The average molecular weight is 436 g/mol. The number of aryl methyl sites for hydroxylation is 1. The van der Waals surface area contributed by atoms with Crippen LogP contribution in [0.3, 0.4) is 0 Å². The summed E-state index contributed by atoms with van der Waals surface area (Å²) in [5.41, 5.74) is 3.15. The number of nitrogens with one attached hydrogen (secondary N) is 1. The van der Waals surface area contributed by atoms with Crippen LogP contribution < -0.4 is 10.2 Å². The molecule has 0 bridgehead atoms. The molecule has 1 saturated heterocycles. The summed E-state index contributed by atoms with van der Waals surface area (Å²) in [6, 6.07) is 14.0. The van der Waals surface area contributed by atoms with E-state index >= 15 is 0 Å². The smallest absolute Gasteiger partial charge is 0.335 e. The molecule has 156 valence electrons. The van der Waals surface area contributed by atoms with Crippen molar-refractivity contribution in [3.8, 4) is 11.4 Å². The molecule has 8 heteroatoms. The number of urea groups is 1. The lowest BCUT2D eigenvalue weighted by Crippen LogP contribution is -2.54. The number of hydrogen-bond acceptors (Lipinski definition) is 4. The average Bonchev–Trinajstić information content (AvgIpc) is 2.99. The molecule has 4 rings (SSSR count). The minimum absolute atomic E-state index is 0.129. The number of phenols is 1. The molecule has 2 aromatic carbocycles. The molecule has 3 aromatic rings. The molecule has 2 N–H and O–H groups in total. The monoisotopic (exact) mass is 435 g/mol. The van der Waals surface area contributed by atoms with Crippen molar-refractivity contribution in [2.75, 3.05) is 4.90 Å². The van der Waals surface area contributed by atoms with Crippen molar-refractivity contribution in [2.45, 2.75) is 13.8 Å². The number of amides is 4. The number of aromatic nitrogens is 1. The van der Waals surface area contributed by atoms with Crippen molar-refractivity contribution < 1.29 is 19.5 Å². The zero-order chi connectivity index (χ0) is 22.3. The summed E-state index contributed by atoms with van der Waals surface area (Å²) in [5.74, 6) is -1.36. The van der Waals surface area contributed by atoms with Crippen LogP contribution >= 0.6 is 11.6 Å². The number of carbonyl (C=O) groups is 3. The zero-order valence-corrected chi connectivity index (χ0v) is 17.5. The first-order valence-electron chi connectivity index (χ1n) is 9.41. The Kier molecular flexibility index (Phi) is 5.12. The number of hydrogen-bond donors (Lipinski definition) is 2. The van der Waals surface area contributed by atoms with Gasteiger partial charge in [-0.1, -0.05) is 17.7 Å². The van der Waals surface area contributed by atoms with Crippen LogP contribution in [0.1, 0.15) is 17.0 Å². The van der Waals surface area contributed by atoms with Gasteiger partial charge in [0.15, 0.2) is 0 Å². The van der Waals surface area contributed by atoms with Gasteiger partial charge in [0, 0.05) is 28.2 Å². The van der Waals surface area contributed by atoms with E-state index in [-0.39, 0.29) is 11.3 Å². The van der Waals surface area contributed by atoms with Gasteiger partial charge in [0.1, 0.15) is 11.3 Å². The molecular formula is C23H18ClN3O4. The fourth-order valence-corrected chi connectivity index (χ4v) is 3.73. The lowest BCUT2D eigenvalue weighted by Gasteiger charge is -2.26. The predicted octanol–water partition coefficient (Wildman–Crippen LogP) is 4.12. The Labute approximate surface area is 183 Å². The maximum absolute atomic E-state index is 13.1. The Balaban J connectivity index is 1.76. The van der Waals surface area contributed by atoms with Gasteiger partial charge >= 0.3 is 6.03 Å². The van der Waals surface area contributed by atoms with Crippen LogP contribution in [0.4, 0.5) is 10.5 Å². The molecule has 1 aliphatic rings. The van der Waals surface area contributed by atoms with Gasteiger partial charge in [0.05, 0.1) is 5.69 Å². The summed E-state index contributed by atoms with van der Waals surface area (Å²) < 4.78 is 1.90. The standard InChI is InChI=1S/C23H18ClN3O4/c1-13-10-15(14(2)26(13)18-4-3-5-19(28)12-18)11-20-21(29)25-23(31)27(22(20)30)17-8-6-16(24)7-9-17/h3-12,28H,1-2H3,(H,25,29,31)/b20-11+. The van der Waals surface area contributed by atoms with Gasteiger partial charge in [-0.25, -0.2) is 9.69 Å². The van der Waals surface area contributed by atoms with E-state index in [1.165, 1.54) is 18.2 Å². The second kappa shape index (κ2) is 7.77. The lowest BCUT2D eigenvalue weighted by molar-refractivity contribution is -0.122. The molecule has 0 aliphatic carbocycles. The van der Waals surface area contributed by atoms with Crippen molar-refractivity contribution in [1.82, 2.24) is 9.88 Å². The fraction of sp³-hybridized carbons (Fsp3) is 0.0870. The summed E-state index contributed by atoms with van der Waals surface area (Å²) >= 11 is 5.89. The van der Waals surface area contributed by atoms with Crippen LogP contribution in [0, 0.1) is 13.8 Å². The number of nitrogens with zero attached hydrogens (tertiary/aromatic N) is 2. The van der Waals surface area contributed by atoms with Crippen molar-refractivity contribution in [3.05, 3.63) is 82.1 Å². The predicted molar refractivity (Wildman–Crippen MR) is 117 cm³/mol.